The summed E-state index contributed by atoms with van der Waals surface area (Å²) in [6.45, 7) is 4.91. The van der Waals surface area contributed by atoms with Crippen LogP contribution in [0.5, 0.6) is 0 Å². The van der Waals surface area contributed by atoms with Gasteiger partial charge in [-0.25, -0.2) is 9.69 Å². The number of hydrogen-bond acceptors (Lipinski definition) is 6. The van der Waals surface area contributed by atoms with Crippen LogP contribution in [0.25, 0.3) is 0 Å². The van der Waals surface area contributed by atoms with E-state index >= 15 is 0 Å². The summed E-state index contributed by atoms with van der Waals surface area (Å²) in [5, 5.41) is 0.466. The van der Waals surface area contributed by atoms with Crippen molar-refractivity contribution >= 4 is 41.0 Å². The lowest BCUT2D eigenvalue weighted by molar-refractivity contribution is -0.184. The van der Waals surface area contributed by atoms with Crippen LogP contribution in [0.3, 0.4) is 0 Å². The molecule has 28 heavy (non-hydrogen) atoms. The van der Waals surface area contributed by atoms with Gasteiger partial charge in [0.15, 0.2) is 0 Å². The first-order valence-electron chi connectivity index (χ1n) is 8.96. The Labute approximate surface area is 166 Å². The van der Waals surface area contributed by atoms with E-state index in [4.69, 9.17) is 21.1 Å². The molecular weight excluding hydrogens is 386 g/mol. The van der Waals surface area contributed by atoms with E-state index in [1.54, 1.807) is 38.1 Å². The monoisotopic (exact) mass is 403 g/mol. The van der Waals surface area contributed by atoms with E-state index in [1.807, 2.05) is 0 Å². The number of rotatable bonds is 3. The molecule has 2 amide bonds. The summed E-state index contributed by atoms with van der Waals surface area (Å²) in [6, 6.07) is 6.28. The summed E-state index contributed by atoms with van der Waals surface area (Å²) >= 11 is 5.90. The lowest BCUT2D eigenvalue weighted by Gasteiger charge is -2.48. The maximum Gasteiger partial charge on any atom is 0.335 e. The molecule has 5 rings (SSSR count). The molecule has 4 unspecified atom stereocenters. The number of amides is 2. The Hall–Kier alpha value is -2.67. The van der Waals surface area contributed by atoms with Crippen LogP contribution in [0.15, 0.2) is 35.4 Å². The first-order valence-corrected chi connectivity index (χ1v) is 9.34. The smallest absolute Gasteiger partial charge is 0.335 e. The highest BCUT2D eigenvalue weighted by atomic mass is 35.5. The van der Waals surface area contributed by atoms with Gasteiger partial charge in [0, 0.05) is 5.02 Å². The first kappa shape index (κ1) is 18.7. The molecule has 1 aromatic carbocycles. The lowest BCUT2D eigenvalue weighted by atomic mass is 9.57. The molecule has 4 aliphatic rings. The van der Waals surface area contributed by atoms with Crippen molar-refractivity contribution in [1.82, 2.24) is 0 Å². The number of anilines is 1. The zero-order valence-electron chi connectivity index (χ0n) is 15.5. The Morgan fingerprint density at radius 1 is 1.21 bits per heavy atom. The molecule has 8 heteroatoms. The van der Waals surface area contributed by atoms with E-state index in [-0.39, 0.29) is 12.2 Å². The van der Waals surface area contributed by atoms with Gasteiger partial charge in [0.1, 0.15) is 11.5 Å². The van der Waals surface area contributed by atoms with Crippen LogP contribution in [-0.4, -0.2) is 36.5 Å². The molecule has 1 aromatic rings. The van der Waals surface area contributed by atoms with E-state index in [9.17, 15) is 19.2 Å². The molecule has 2 fully saturated rings. The van der Waals surface area contributed by atoms with Crippen LogP contribution in [0, 0.1) is 17.3 Å². The van der Waals surface area contributed by atoms with Crippen molar-refractivity contribution in [2.24, 2.45) is 17.3 Å². The minimum absolute atomic E-state index is 0.121. The van der Waals surface area contributed by atoms with Gasteiger partial charge in [-0.15, -0.1) is 0 Å². The second-order valence-corrected chi connectivity index (χ2v) is 7.73. The average Bonchev–Trinajstić information content (AvgIpc) is 2.90. The Kier molecular flexibility index (Phi) is 4.12. The van der Waals surface area contributed by atoms with E-state index in [2.05, 4.69) is 0 Å². The van der Waals surface area contributed by atoms with Crippen LogP contribution in [0.1, 0.15) is 20.8 Å². The number of carbonyl (C=O) groups excluding carboxylic acids is 4. The minimum atomic E-state index is -1.58. The predicted molar refractivity (Wildman–Crippen MR) is 98.2 cm³/mol. The topological polar surface area (TPSA) is 90.0 Å². The van der Waals surface area contributed by atoms with Crippen LogP contribution >= 0.6 is 11.6 Å². The van der Waals surface area contributed by atoms with Crippen molar-refractivity contribution in [3.05, 3.63) is 40.4 Å². The first-order chi connectivity index (χ1) is 13.2. The molecular formula is C20H18ClNO6. The predicted octanol–water partition coefficient (Wildman–Crippen LogP) is 2.27. The molecule has 7 nitrogen and oxygen atoms in total. The Bertz CT molecular complexity index is 952. The molecule has 2 saturated heterocycles. The fourth-order valence-corrected chi connectivity index (χ4v) is 4.76. The van der Waals surface area contributed by atoms with Crippen LogP contribution < -0.4 is 4.90 Å². The number of nitrogens with zero attached hydrogens (tertiary/aromatic N) is 1. The summed E-state index contributed by atoms with van der Waals surface area (Å²) < 4.78 is 10.6. The van der Waals surface area contributed by atoms with E-state index < -0.39 is 47.1 Å². The van der Waals surface area contributed by atoms with Gasteiger partial charge in [0.2, 0.25) is 11.8 Å². The third kappa shape index (κ3) is 2.22. The largest absolute Gasteiger partial charge is 0.463 e. The van der Waals surface area contributed by atoms with Crippen LogP contribution in [0.2, 0.25) is 5.02 Å². The van der Waals surface area contributed by atoms with Gasteiger partial charge in [-0.05, 0) is 50.6 Å². The summed E-state index contributed by atoms with van der Waals surface area (Å²) in [5.41, 5.74) is -0.639. The van der Waals surface area contributed by atoms with Crippen molar-refractivity contribution in [1.29, 1.82) is 0 Å². The molecule has 0 aromatic heterocycles. The summed E-state index contributed by atoms with van der Waals surface area (Å²) in [4.78, 5) is 52.9. The van der Waals surface area contributed by atoms with Gasteiger partial charge >= 0.3 is 11.9 Å². The summed E-state index contributed by atoms with van der Waals surface area (Å²) in [6.07, 6.45) is -0.965. The maximum absolute atomic E-state index is 13.3. The van der Waals surface area contributed by atoms with Gasteiger partial charge in [0.25, 0.3) is 0 Å². The SMILES string of the molecule is CCOC(=O)C1=C(C)C2OC(=O)C1(C)C1C(=O)N(c3ccc(Cl)cc3)C(=O)C21. The molecule has 2 bridgehead atoms. The number of fused-ring (bicyclic) bond motifs is 1. The number of benzene rings is 1. The molecule has 146 valence electrons. The molecule has 3 aliphatic heterocycles. The maximum atomic E-state index is 13.3. The fraction of sp³-hybridized carbons (Fsp3) is 0.400. The highest BCUT2D eigenvalue weighted by molar-refractivity contribution is 6.31. The molecule has 0 saturated carbocycles. The second kappa shape index (κ2) is 6.17. The summed E-state index contributed by atoms with van der Waals surface area (Å²) in [7, 11) is 0. The van der Waals surface area contributed by atoms with Crippen molar-refractivity contribution in [3.63, 3.8) is 0 Å². The third-order valence-electron chi connectivity index (χ3n) is 5.86. The quantitative estimate of drug-likeness (QED) is 0.568. The highest BCUT2D eigenvalue weighted by Crippen LogP contribution is 2.58. The molecule has 3 heterocycles. The van der Waals surface area contributed by atoms with E-state index in [1.165, 1.54) is 6.92 Å². The number of hydrogen-bond donors (Lipinski definition) is 0. The van der Waals surface area contributed by atoms with Crippen molar-refractivity contribution in [3.8, 4) is 0 Å². The molecule has 4 atom stereocenters. The number of ether oxygens (including phenoxy) is 2. The number of halogens is 1. The van der Waals surface area contributed by atoms with Crippen molar-refractivity contribution < 1.29 is 28.7 Å². The third-order valence-corrected chi connectivity index (χ3v) is 6.11. The summed E-state index contributed by atoms with van der Waals surface area (Å²) in [5.74, 6) is -4.23. The zero-order valence-corrected chi connectivity index (χ0v) is 16.3. The molecule has 0 radical (unpaired) electrons. The van der Waals surface area contributed by atoms with Crippen molar-refractivity contribution in [2.45, 2.75) is 26.9 Å². The van der Waals surface area contributed by atoms with Crippen molar-refractivity contribution in [2.75, 3.05) is 11.5 Å². The van der Waals surface area contributed by atoms with Gasteiger partial charge in [0.05, 0.1) is 29.7 Å². The van der Waals surface area contributed by atoms with E-state index in [0.717, 1.165) is 4.90 Å². The van der Waals surface area contributed by atoms with Gasteiger partial charge in [-0.1, -0.05) is 11.6 Å². The highest BCUT2D eigenvalue weighted by Gasteiger charge is 2.71. The van der Waals surface area contributed by atoms with Gasteiger partial charge in [-0.3, -0.25) is 14.4 Å². The number of carbonyl (C=O) groups is 4. The number of esters is 2. The Morgan fingerprint density at radius 3 is 2.46 bits per heavy atom. The lowest BCUT2D eigenvalue weighted by Crippen LogP contribution is -2.60. The molecule has 0 spiro atoms. The Morgan fingerprint density at radius 2 is 1.86 bits per heavy atom. The van der Waals surface area contributed by atoms with Gasteiger partial charge in [-0.2, -0.15) is 0 Å². The minimum Gasteiger partial charge on any atom is -0.463 e. The Balaban J connectivity index is 1.85. The fourth-order valence-electron chi connectivity index (χ4n) is 4.63. The standard InChI is InChI=1S/C20H18ClNO6/c1-4-27-18(25)13-9(2)15-12-14(20(13,3)19(26)28-15)17(24)22(16(12)23)11-7-5-10(21)6-8-11/h5-8,12,14-15H,4H2,1-3H3. The van der Waals surface area contributed by atoms with Crippen LogP contribution in [0.4, 0.5) is 5.69 Å². The zero-order chi connectivity index (χ0) is 20.4. The second-order valence-electron chi connectivity index (χ2n) is 7.30. The number of imide groups is 1. The normalized spacial score (nSPS) is 31.2. The van der Waals surface area contributed by atoms with Crippen LogP contribution in [-0.2, 0) is 28.7 Å². The molecule has 0 N–H and O–H groups in total. The average molecular weight is 404 g/mol. The molecule has 1 aliphatic carbocycles. The van der Waals surface area contributed by atoms with Gasteiger partial charge < -0.3 is 9.47 Å². The van der Waals surface area contributed by atoms with E-state index in [0.29, 0.717) is 16.3 Å².